The predicted octanol–water partition coefficient (Wildman–Crippen LogP) is 3.37. The zero-order valence-electron chi connectivity index (χ0n) is 12.6. The van der Waals surface area contributed by atoms with Gasteiger partial charge in [-0.25, -0.2) is 0 Å². The topological polar surface area (TPSA) is 29.3 Å². The molecular formula is C17H28N2. The molecular weight excluding hydrogens is 232 g/mol. The maximum atomic E-state index is 6.46. The first-order valence-electron chi connectivity index (χ1n) is 7.71. The summed E-state index contributed by atoms with van der Waals surface area (Å²) >= 11 is 0. The molecule has 0 saturated carbocycles. The molecule has 0 amide bonds. The largest absolute Gasteiger partial charge is 0.326 e. The number of aryl methyl sites for hydroxylation is 1. The monoisotopic (exact) mass is 260 g/mol. The molecule has 2 rings (SSSR count). The van der Waals surface area contributed by atoms with Crippen LogP contribution in [0, 0.1) is 5.92 Å². The van der Waals surface area contributed by atoms with Crippen LogP contribution in [-0.4, -0.2) is 24.0 Å². The van der Waals surface area contributed by atoms with Crippen molar-refractivity contribution in [3.63, 3.8) is 0 Å². The molecule has 2 heteroatoms. The Morgan fingerprint density at radius 1 is 1.32 bits per heavy atom. The molecule has 1 heterocycles. The van der Waals surface area contributed by atoms with Crippen molar-refractivity contribution < 1.29 is 0 Å². The van der Waals surface area contributed by atoms with Gasteiger partial charge in [-0.1, -0.05) is 45.0 Å². The quantitative estimate of drug-likeness (QED) is 0.899. The van der Waals surface area contributed by atoms with Gasteiger partial charge in [0, 0.05) is 12.6 Å². The van der Waals surface area contributed by atoms with Crippen LogP contribution in [0.25, 0.3) is 0 Å². The minimum atomic E-state index is 0.278. The summed E-state index contributed by atoms with van der Waals surface area (Å²) < 4.78 is 0. The zero-order valence-corrected chi connectivity index (χ0v) is 12.6. The molecule has 0 spiro atoms. The van der Waals surface area contributed by atoms with Crippen LogP contribution in [0.5, 0.6) is 0 Å². The number of hydrogen-bond acceptors (Lipinski definition) is 2. The highest BCUT2D eigenvalue weighted by molar-refractivity contribution is 5.31. The van der Waals surface area contributed by atoms with E-state index in [0.717, 1.165) is 19.4 Å². The molecule has 1 saturated heterocycles. The molecule has 1 aliphatic rings. The fourth-order valence-electron chi connectivity index (χ4n) is 3.34. The SMILES string of the molecule is CCc1ccccc1C1C(N)CCCN1CC(C)C. The van der Waals surface area contributed by atoms with E-state index in [2.05, 4.69) is 49.9 Å². The lowest BCUT2D eigenvalue weighted by Crippen LogP contribution is -2.47. The average molecular weight is 260 g/mol. The lowest BCUT2D eigenvalue weighted by Gasteiger charge is -2.41. The van der Waals surface area contributed by atoms with E-state index in [9.17, 15) is 0 Å². The Bertz CT molecular complexity index is 400. The first-order valence-corrected chi connectivity index (χ1v) is 7.71. The second-order valence-electron chi connectivity index (χ2n) is 6.19. The number of hydrogen-bond donors (Lipinski definition) is 1. The van der Waals surface area contributed by atoms with Gasteiger partial charge in [-0.15, -0.1) is 0 Å². The van der Waals surface area contributed by atoms with E-state index in [0.29, 0.717) is 12.0 Å². The highest BCUT2D eigenvalue weighted by Crippen LogP contribution is 2.32. The fourth-order valence-corrected chi connectivity index (χ4v) is 3.34. The number of benzene rings is 1. The summed E-state index contributed by atoms with van der Waals surface area (Å²) in [4.78, 5) is 2.60. The average Bonchev–Trinajstić information content (AvgIpc) is 2.38. The Morgan fingerprint density at radius 3 is 2.74 bits per heavy atom. The van der Waals surface area contributed by atoms with Crippen molar-refractivity contribution in [3.05, 3.63) is 35.4 Å². The zero-order chi connectivity index (χ0) is 13.8. The number of nitrogens with two attached hydrogens (primary N) is 1. The maximum Gasteiger partial charge on any atom is 0.0501 e. The van der Waals surface area contributed by atoms with Crippen molar-refractivity contribution in [1.29, 1.82) is 0 Å². The van der Waals surface area contributed by atoms with Crippen molar-refractivity contribution in [2.24, 2.45) is 11.7 Å². The van der Waals surface area contributed by atoms with Crippen LogP contribution in [0.15, 0.2) is 24.3 Å². The van der Waals surface area contributed by atoms with Crippen LogP contribution in [-0.2, 0) is 6.42 Å². The second-order valence-corrected chi connectivity index (χ2v) is 6.19. The van der Waals surface area contributed by atoms with Crippen molar-refractivity contribution in [3.8, 4) is 0 Å². The van der Waals surface area contributed by atoms with Crippen LogP contribution in [0.2, 0.25) is 0 Å². The summed E-state index contributed by atoms with van der Waals surface area (Å²) in [5.41, 5.74) is 9.37. The molecule has 0 aliphatic carbocycles. The van der Waals surface area contributed by atoms with Gasteiger partial charge < -0.3 is 5.73 Å². The smallest absolute Gasteiger partial charge is 0.0501 e. The van der Waals surface area contributed by atoms with Crippen molar-refractivity contribution in [1.82, 2.24) is 4.90 Å². The molecule has 19 heavy (non-hydrogen) atoms. The first kappa shape index (κ1) is 14.5. The summed E-state index contributed by atoms with van der Waals surface area (Å²) in [5, 5.41) is 0. The summed E-state index contributed by atoms with van der Waals surface area (Å²) in [6.07, 6.45) is 3.48. The van der Waals surface area contributed by atoms with E-state index in [4.69, 9.17) is 5.73 Å². The maximum absolute atomic E-state index is 6.46. The highest BCUT2D eigenvalue weighted by Gasteiger charge is 2.31. The molecule has 0 aromatic heterocycles. The third-order valence-corrected chi connectivity index (χ3v) is 4.14. The van der Waals surface area contributed by atoms with E-state index in [1.54, 1.807) is 0 Å². The Labute approximate surface area is 118 Å². The first-order chi connectivity index (χ1) is 9.13. The van der Waals surface area contributed by atoms with E-state index in [1.807, 2.05) is 0 Å². The summed E-state index contributed by atoms with van der Waals surface area (Å²) in [6, 6.07) is 9.52. The normalized spacial score (nSPS) is 24.9. The van der Waals surface area contributed by atoms with Gasteiger partial charge in [-0.05, 0) is 42.9 Å². The summed E-state index contributed by atoms with van der Waals surface area (Å²) in [5.74, 6) is 0.696. The minimum absolute atomic E-state index is 0.278. The molecule has 0 radical (unpaired) electrons. The number of nitrogens with zero attached hydrogens (tertiary/aromatic N) is 1. The summed E-state index contributed by atoms with van der Waals surface area (Å²) in [7, 11) is 0. The van der Waals surface area contributed by atoms with Crippen molar-refractivity contribution in [2.75, 3.05) is 13.1 Å². The van der Waals surface area contributed by atoms with Crippen molar-refractivity contribution in [2.45, 2.75) is 52.1 Å². The molecule has 2 nitrogen and oxygen atoms in total. The van der Waals surface area contributed by atoms with Gasteiger partial charge in [-0.2, -0.15) is 0 Å². The molecule has 1 fully saturated rings. The molecule has 2 N–H and O–H groups in total. The van der Waals surface area contributed by atoms with E-state index in [1.165, 1.54) is 24.1 Å². The predicted molar refractivity (Wildman–Crippen MR) is 82.2 cm³/mol. The van der Waals surface area contributed by atoms with Gasteiger partial charge in [0.05, 0.1) is 6.04 Å². The van der Waals surface area contributed by atoms with E-state index in [-0.39, 0.29) is 6.04 Å². The lowest BCUT2D eigenvalue weighted by molar-refractivity contribution is 0.113. The number of piperidine rings is 1. The molecule has 1 aromatic carbocycles. The Kier molecular flexibility index (Phi) is 5.00. The Hall–Kier alpha value is -0.860. The van der Waals surface area contributed by atoms with Gasteiger partial charge in [0.15, 0.2) is 0 Å². The number of likely N-dealkylation sites (tertiary alicyclic amines) is 1. The Morgan fingerprint density at radius 2 is 2.05 bits per heavy atom. The minimum Gasteiger partial charge on any atom is -0.326 e. The molecule has 0 bridgehead atoms. The molecule has 1 aromatic rings. The van der Waals surface area contributed by atoms with Crippen molar-refractivity contribution >= 4 is 0 Å². The van der Waals surface area contributed by atoms with Crippen LogP contribution < -0.4 is 5.73 Å². The van der Waals surface area contributed by atoms with Gasteiger partial charge in [0.25, 0.3) is 0 Å². The van der Waals surface area contributed by atoms with Crippen LogP contribution in [0.1, 0.15) is 50.8 Å². The molecule has 106 valence electrons. The van der Waals surface area contributed by atoms with Gasteiger partial charge in [0.2, 0.25) is 0 Å². The Balaban J connectivity index is 2.30. The lowest BCUT2D eigenvalue weighted by atomic mass is 9.87. The van der Waals surface area contributed by atoms with Crippen LogP contribution >= 0.6 is 0 Å². The number of rotatable bonds is 4. The van der Waals surface area contributed by atoms with E-state index >= 15 is 0 Å². The second kappa shape index (κ2) is 6.53. The van der Waals surface area contributed by atoms with Gasteiger partial charge >= 0.3 is 0 Å². The van der Waals surface area contributed by atoms with E-state index < -0.39 is 0 Å². The van der Waals surface area contributed by atoms with Gasteiger partial charge in [0.1, 0.15) is 0 Å². The standard InChI is InChI=1S/C17H28N2/c1-4-14-8-5-6-9-15(14)17-16(18)10-7-11-19(17)12-13(2)3/h5-6,8-9,13,16-17H,4,7,10-12,18H2,1-3H3. The fraction of sp³-hybridized carbons (Fsp3) is 0.647. The van der Waals surface area contributed by atoms with Crippen LogP contribution in [0.3, 0.4) is 0 Å². The molecule has 2 atom stereocenters. The molecule has 2 unspecified atom stereocenters. The third-order valence-electron chi connectivity index (χ3n) is 4.14. The third kappa shape index (κ3) is 3.37. The molecule has 1 aliphatic heterocycles. The van der Waals surface area contributed by atoms with Crippen LogP contribution in [0.4, 0.5) is 0 Å². The summed E-state index contributed by atoms with van der Waals surface area (Å²) in [6.45, 7) is 9.16. The van der Waals surface area contributed by atoms with Gasteiger partial charge in [-0.3, -0.25) is 4.90 Å². The highest BCUT2D eigenvalue weighted by atomic mass is 15.2.